The average Bonchev–Trinajstić information content (AvgIpc) is 2.99. The first-order valence-electron chi connectivity index (χ1n) is 5.43. The molecule has 0 aromatic carbocycles. The van der Waals surface area contributed by atoms with Crippen LogP contribution in [-0.2, 0) is 5.60 Å². The van der Waals surface area contributed by atoms with Crippen LogP contribution in [0.4, 0.5) is 9.80 Å². The molecule has 0 bridgehead atoms. The maximum absolute atomic E-state index is 11.6. The molecular formula is C12H14N2O3S. The maximum Gasteiger partial charge on any atom is 0.319 e. The molecule has 0 unspecified atom stereocenters. The Bertz CT molecular complexity index is 491. The quantitative estimate of drug-likeness (QED) is 0.795. The summed E-state index contributed by atoms with van der Waals surface area (Å²) in [6, 6.07) is 6.65. The summed E-state index contributed by atoms with van der Waals surface area (Å²) < 4.78 is 5.12. The number of hydrogen-bond donors (Lipinski definition) is 3. The molecule has 0 saturated heterocycles. The summed E-state index contributed by atoms with van der Waals surface area (Å²) in [5.41, 5.74) is -1.23. The minimum atomic E-state index is -1.23. The molecule has 2 aromatic rings. The third kappa shape index (κ3) is 3.12. The lowest BCUT2D eigenvalue weighted by Crippen LogP contribution is -2.40. The van der Waals surface area contributed by atoms with Crippen molar-refractivity contribution in [3.05, 3.63) is 41.7 Å². The third-order valence-electron chi connectivity index (χ3n) is 2.40. The number of thiophene rings is 1. The van der Waals surface area contributed by atoms with Crippen LogP contribution in [0.15, 0.2) is 40.3 Å². The summed E-state index contributed by atoms with van der Waals surface area (Å²) in [4.78, 5) is 11.6. The van der Waals surface area contributed by atoms with Gasteiger partial charge in [-0.25, -0.2) is 4.79 Å². The Morgan fingerprint density at radius 3 is 2.94 bits per heavy atom. The topological polar surface area (TPSA) is 74.5 Å². The maximum atomic E-state index is 11.6. The first-order valence-corrected chi connectivity index (χ1v) is 6.30. The van der Waals surface area contributed by atoms with E-state index < -0.39 is 5.60 Å². The van der Waals surface area contributed by atoms with E-state index in [1.807, 2.05) is 11.4 Å². The van der Waals surface area contributed by atoms with E-state index in [-0.39, 0.29) is 12.6 Å². The van der Waals surface area contributed by atoms with E-state index in [0.29, 0.717) is 5.76 Å². The molecule has 6 heteroatoms. The number of furan rings is 1. The van der Waals surface area contributed by atoms with Gasteiger partial charge in [0.1, 0.15) is 11.4 Å². The van der Waals surface area contributed by atoms with E-state index in [1.165, 1.54) is 17.6 Å². The van der Waals surface area contributed by atoms with E-state index in [9.17, 15) is 9.90 Å². The fourth-order valence-electron chi connectivity index (χ4n) is 1.43. The Morgan fingerprint density at radius 1 is 1.50 bits per heavy atom. The van der Waals surface area contributed by atoms with Crippen LogP contribution in [0.3, 0.4) is 0 Å². The minimum absolute atomic E-state index is 0.0672. The van der Waals surface area contributed by atoms with Crippen LogP contribution < -0.4 is 10.6 Å². The van der Waals surface area contributed by atoms with Crippen molar-refractivity contribution in [1.82, 2.24) is 5.32 Å². The lowest BCUT2D eigenvalue weighted by molar-refractivity contribution is 0.0372. The summed E-state index contributed by atoms with van der Waals surface area (Å²) in [6.45, 7) is 1.65. The van der Waals surface area contributed by atoms with Crippen LogP contribution in [0.2, 0.25) is 0 Å². The lowest BCUT2D eigenvalue weighted by Gasteiger charge is -2.21. The van der Waals surface area contributed by atoms with Gasteiger partial charge in [-0.05, 0) is 36.6 Å². The molecule has 0 spiro atoms. The Labute approximate surface area is 108 Å². The van der Waals surface area contributed by atoms with Gasteiger partial charge in [0.2, 0.25) is 0 Å². The molecule has 0 aliphatic rings. The first kappa shape index (κ1) is 12.7. The number of anilines is 1. The van der Waals surface area contributed by atoms with Crippen molar-refractivity contribution in [2.24, 2.45) is 0 Å². The van der Waals surface area contributed by atoms with Crippen molar-refractivity contribution in [1.29, 1.82) is 0 Å². The van der Waals surface area contributed by atoms with Crippen LogP contribution in [0.25, 0.3) is 0 Å². The van der Waals surface area contributed by atoms with Crippen LogP contribution in [0.1, 0.15) is 12.7 Å². The summed E-state index contributed by atoms with van der Waals surface area (Å²) in [7, 11) is 0. The smallest absolute Gasteiger partial charge is 0.319 e. The summed E-state index contributed by atoms with van der Waals surface area (Å²) >= 11 is 1.43. The number of carbonyl (C=O) groups is 1. The van der Waals surface area contributed by atoms with E-state index in [1.54, 1.807) is 25.1 Å². The number of urea groups is 1. The number of aliphatic hydroxyl groups is 1. The molecule has 0 fully saturated rings. The van der Waals surface area contributed by atoms with Gasteiger partial charge < -0.3 is 14.8 Å². The molecule has 0 aliphatic carbocycles. The first-order chi connectivity index (χ1) is 8.58. The summed E-state index contributed by atoms with van der Waals surface area (Å²) in [5.74, 6) is 0.416. The van der Waals surface area contributed by atoms with E-state index >= 15 is 0 Å². The van der Waals surface area contributed by atoms with Gasteiger partial charge in [-0.15, -0.1) is 11.3 Å². The normalized spacial score (nSPS) is 13.9. The second-order valence-corrected chi connectivity index (χ2v) is 4.98. The van der Waals surface area contributed by atoms with Gasteiger partial charge in [0.25, 0.3) is 0 Å². The zero-order valence-corrected chi connectivity index (χ0v) is 10.7. The predicted octanol–water partition coefficient (Wildman–Crippen LogP) is 2.37. The highest BCUT2D eigenvalue weighted by molar-refractivity contribution is 7.14. The summed E-state index contributed by atoms with van der Waals surface area (Å²) in [5, 5.41) is 18.0. The molecule has 96 valence electrons. The van der Waals surface area contributed by atoms with Crippen LogP contribution in [0.5, 0.6) is 0 Å². The van der Waals surface area contributed by atoms with Crippen molar-refractivity contribution in [2.75, 3.05) is 11.9 Å². The molecule has 0 saturated carbocycles. The number of nitrogens with one attached hydrogen (secondary N) is 2. The zero-order valence-electron chi connectivity index (χ0n) is 9.84. The molecule has 1 atom stereocenters. The molecule has 3 N–H and O–H groups in total. The Morgan fingerprint density at radius 2 is 2.33 bits per heavy atom. The van der Waals surface area contributed by atoms with Gasteiger partial charge in [0, 0.05) is 0 Å². The number of rotatable bonds is 4. The minimum Gasteiger partial charge on any atom is -0.466 e. The number of carbonyl (C=O) groups excluding carboxylic acids is 1. The Hall–Kier alpha value is -1.79. The van der Waals surface area contributed by atoms with Crippen LogP contribution in [0, 0.1) is 0 Å². The second kappa shape index (κ2) is 5.24. The van der Waals surface area contributed by atoms with Crippen molar-refractivity contribution in [2.45, 2.75) is 12.5 Å². The van der Waals surface area contributed by atoms with Gasteiger partial charge in [0.15, 0.2) is 0 Å². The molecule has 5 nitrogen and oxygen atoms in total. The lowest BCUT2D eigenvalue weighted by atomic mass is 10.0. The molecule has 0 radical (unpaired) electrons. The molecule has 2 amide bonds. The molecule has 2 heterocycles. The van der Waals surface area contributed by atoms with Crippen molar-refractivity contribution >= 4 is 22.4 Å². The Kier molecular flexibility index (Phi) is 3.69. The van der Waals surface area contributed by atoms with E-state index in [4.69, 9.17) is 4.42 Å². The standard InChI is InChI=1S/C12H14N2O3S/c1-12(16,9-4-2-6-17-9)8-13-11(15)14-10-5-3-7-18-10/h2-7,16H,8H2,1H3,(H2,13,14,15)/t12-/m1/s1. The van der Waals surface area contributed by atoms with Gasteiger partial charge in [-0.3, -0.25) is 5.32 Å². The molecule has 18 heavy (non-hydrogen) atoms. The molecule has 2 aromatic heterocycles. The van der Waals surface area contributed by atoms with Crippen molar-refractivity contribution in [3.63, 3.8) is 0 Å². The van der Waals surface area contributed by atoms with Crippen LogP contribution >= 0.6 is 11.3 Å². The largest absolute Gasteiger partial charge is 0.466 e. The van der Waals surface area contributed by atoms with Crippen molar-refractivity contribution in [3.8, 4) is 0 Å². The molecule has 0 aliphatic heterocycles. The monoisotopic (exact) mass is 266 g/mol. The summed E-state index contributed by atoms with van der Waals surface area (Å²) in [6.07, 6.45) is 1.48. The highest BCUT2D eigenvalue weighted by Gasteiger charge is 2.26. The van der Waals surface area contributed by atoms with Crippen LogP contribution in [-0.4, -0.2) is 17.7 Å². The highest BCUT2D eigenvalue weighted by Crippen LogP contribution is 2.20. The third-order valence-corrected chi connectivity index (χ3v) is 3.19. The number of hydrogen-bond acceptors (Lipinski definition) is 4. The predicted molar refractivity (Wildman–Crippen MR) is 69.6 cm³/mol. The highest BCUT2D eigenvalue weighted by atomic mass is 32.1. The second-order valence-electron chi connectivity index (χ2n) is 4.04. The number of amides is 2. The zero-order chi connectivity index (χ0) is 13.0. The van der Waals surface area contributed by atoms with E-state index in [2.05, 4.69) is 10.6 Å². The Balaban J connectivity index is 1.86. The van der Waals surface area contributed by atoms with E-state index in [0.717, 1.165) is 5.00 Å². The molecular weight excluding hydrogens is 252 g/mol. The fraction of sp³-hybridized carbons (Fsp3) is 0.250. The van der Waals surface area contributed by atoms with Gasteiger partial charge in [-0.2, -0.15) is 0 Å². The van der Waals surface area contributed by atoms with Gasteiger partial charge >= 0.3 is 6.03 Å². The van der Waals surface area contributed by atoms with Gasteiger partial charge in [0.05, 0.1) is 17.8 Å². The van der Waals surface area contributed by atoms with Crippen molar-refractivity contribution < 1.29 is 14.3 Å². The van der Waals surface area contributed by atoms with Gasteiger partial charge in [-0.1, -0.05) is 0 Å². The fourth-order valence-corrected chi connectivity index (χ4v) is 2.04. The molecule has 2 rings (SSSR count). The SMILES string of the molecule is C[C@@](O)(CNC(=O)Nc1cccs1)c1ccco1. The average molecular weight is 266 g/mol.